The Morgan fingerprint density at radius 1 is 1.35 bits per heavy atom. The SMILES string of the molecule is C=CC(=O)NCCCCOc1ccc(O)cc1. The Labute approximate surface area is 101 Å². The van der Waals surface area contributed by atoms with Crippen LogP contribution in [0.25, 0.3) is 0 Å². The Morgan fingerprint density at radius 2 is 2.06 bits per heavy atom. The molecule has 0 aliphatic rings. The molecule has 0 atom stereocenters. The van der Waals surface area contributed by atoms with E-state index < -0.39 is 0 Å². The number of hydrogen-bond acceptors (Lipinski definition) is 3. The zero-order valence-corrected chi connectivity index (χ0v) is 9.69. The normalized spacial score (nSPS) is 9.65. The van der Waals surface area contributed by atoms with E-state index >= 15 is 0 Å². The summed E-state index contributed by atoms with van der Waals surface area (Å²) in [6.07, 6.45) is 2.98. The number of carbonyl (C=O) groups is 1. The van der Waals surface area contributed by atoms with Crippen LogP contribution in [0.3, 0.4) is 0 Å². The summed E-state index contributed by atoms with van der Waals surface area (Å²) >= 11 is 0. The Bertz CT molecular complexity index is 359. The lowest BCUT2D eigenvalue weighted by atomic mass is 10.3. The first-order chi connectivity index (χ1) is 8.22. The smallest absolute Gasteiger partial charge is 0.243 e. The quantitative estimate of drug-likeness (QED) is 0.560. The number of rotatable bonds is 7. The van der Waals surface area contributed by atoms with Gasteiger partial charge < -0.3 is 15.2 Å². The van der Waals surface area contributed by atoms with Crippen molar-refractivity contribution >= 4 is 5.91 Å². The van der Waals surface area contributed by atoms with Gasteiger partial charge in [0.05, 0.1) is 6.61 Å². The van der Waals surface area contributed by atoms with Crippen molar-refractivity contribution in [3.63, 3.8) is 0 Å². The summed E-state index contributed by atoms with van der Waals surface area (Å²) in [7, 11) is 0. The highest BCUT2D eigenvalue weighted by Crippen LogP contribution is 2.15. The maximum absolute atomic E-state index is 10.8. The van der Waals surface area contributed by atoms with Crippen LogP contribution in [-0.2, 0) is 4.79 Å². The van der Waals surface area contributed by atoms with Gasteiger partial charge in [0.2, 0.25) is 5.91 Å². The molecule has 0 unspecified atom stereocenters. The lowest BCUT2D eigenvalue weighted by molar-refractivity contribution is -0.116. The molecule has 92 valence electrons. The van der Waals surface area contributed by atoms with Gasteiger partial charge >= 0.3 is 0 Å². The second-order valence-electron chi connectivity index (χ2n) is 3.54. The van der Waals surface area contributed by atoms with Crippen molar-refractivity contribution in [2.24, 2.45) is 0 Å². The van der Waals surface area contributed by atoms with Crippen molar-refractivity contribution < 1.29 is 14.6 Å². The van der Waals surface area contributed by atoms with E-state index in [1.807, 2.05) is 0 Å². The van der Waals surface area contributed by atoms with E-state index in [4.69, 9.17) is 9.84 Å². The highest BCUT2D eigenvalue weighted by atomic mass is 16.5. The summed E-state index contributed by atoms with van der Waals surface area (Å²) < 4.78 is 5.45. The average Bonchev–Trinajstić information content (AvgIpc) is 2.35. The molecule has 0 fully saturated rings. The molecule has 2 N–H and O–H groups in total. The minimum atomic E-state index is -0.149. The molecule has 0 heterocycles. The number of carbonyl (C=O) groups excluding carboxylic acids is 1. The van der Waals surface area contributed by atoms with Gasteiger partial charge in [-0.05, 0) is 43.2 Å². The molecule has 1 aromatic carbocycles. The molecular weight excluding hydrogens is 218 g/mol. The van der Waals surface area contributed by atoms with Gasteiger partial charge in [0.1, 0.15) is 11.5 Å². The summed E-state index contributed by atoms with van der Waals surface area (Å²) in [4.78, 5) is 10.8. The Balaban J connectivity index is 2.06. The predicted octanol–water partition coefficient (Wildman–Crippen LogP) is 1.85. The maximum Gasteiger partial charge on any atom is 0.243 e. The van der Waals surface area contributed by atoms with Crippen LogP contribution in [0.2, 0.25) is 0 Å². The first kappa shape index (κ1) is 13.1. The lowest BCUT2D eigenvalue weighted by Crippen LogP contribution is -2.22. The highest BCUT2D eigenvalue weighted by molar-refractivity contribution is 5.86. The molecule has 0 aliphatic carbocycles. The van der Waals surface area contributed by atoms with Gasteiger partial charge in [-0.25, -0.2) is 0 Å². The van der Waals surface area contributed by atoms with Crippen LogP contribution >= 0.6 is 0 Å². The van der Waals surface area contributed by atoms with Gasteiger partial charge in [-0.1, -0.05) is 6.58 Å². The average molecular weight is 235 g/mol. The van der Waals surface area contributed by atoms with Crippen LogP contribution in [0, 0.1) is 0 Å². The van der Waals surface area contributed by atoms with E-state index in [1.54, 1.807) is 24.3 Å². The van der Waals surface area contributed by atoms with Gasteiger partial charge in [0.15, 0.2) is 0 Å². The number of amides is 1. The Morgan fingerprint density at radius 3 is 2.71 bits per heavy atom. The lowest BCUT2D eigenvalue weighted by Gasteiger charge is -2.06. The topological polar surface area (TPSA) is 58.6 Å². The number of hydrogen-bond donors (Lipinski definition) is 2. The van der Waals surface area contributed by atoms with Crippen molar-refractivity contribution in [1.82, 2.24) is 5.32 Å². The molecule has 0 radical (unpaired) electrons. The van der Waals surface area contributed by atoms with E-state index in [-0.39, 0.29) is 11.7 Å². The van der Waals surface area contributed by atoms with E-state index in [0.29, 0.717) is 13.2 Å². The van der Waals surface area contributed by atoms with Crippen LogP contribution in [-0.4, -0.2) is 24.2 Å². The summed E-state index contributed by atoms with van der Waals surface area (Å²) in [5.41, 5.74) is 0. The first-order valence-corrected chi connectivity index (χ1v) is 5.54. The van der Waals surface area contributed by atoms with Crippen molar-refractivity contribution in [2.75, 3.05) is 13.2 Å². The summed E-state index contributed by atoms with van der Waals surface area (Å²) in [5.74, 6) is 0.812. The van der Waals surface area contributed by atoms with Crippen molar-refractivity contribution in [3.8, 4) is 11.5 Å². The molecule has 17 heavy (non-hydrogen) atoms. The molecular formula is C13H17NO3. The highest BCUT2D eigenvalue weighted by Gasteiger charge is 1.95. The predicted molar refractivity (Wildman–Crippen MR) is 66.0 cm³/mol. The van der Waals surface area contributed by atoms with Gasteiger partial charge in [-0.3, -0.25) is 4.79 Å². The number of unbranched alkanes of at least 4 members (excludes halogenated alkanes) is 1. The molecule has 4 nitrogen and oxygen atoms in total. The molecule has 4 heteroatoms. The molecule has 1 amide bonds. The van der Waals surface area contributed by atoms with E-state index in [1.165, 1.54) is 6.08 Å². The molecule has 0 aliphatic heterocycles. The molecule has 0 spiro atoms. The number of phenols is 1. The van der Waals surface area contributed by atoms with Crippen LogP contribution in [0.4, 0.5) is 0 Å². The van der Waals surface area contributed by atoms with Crippen LogP contribution in [0.5, 0.6) is 11.5 Å². The van der Waals surface area contributed by atoms with Crippen molar-refractivity contribution in [2.45, 2.75) is 12.8 Å². The summed E-state index contributed by atoms with van der Waals surface area (Å²) in [6, 6.07) is 6.60. The minimum absolute atomic E-state index is 0.149. The molecule has 1 rings (SSSR count). The van der Waals surface area contributed by atoms with Gasteiger partial charge in [0.25, 0.3) is 0 Å². The second-order valence-corrected chi connectivity index (χ2v) is 3.54. The largest absolute Gasteiger partial charge is 0.508 e. The van der Waals surface area contributed by atoms with Crippen molar-refractivity contribution in [3.05, 3.63) is 36.9 Å². The fraction of sp³-hybridized carbons (Fsp3) is 0.308. The zero-order chi connectivity index (χ0) is 12.5. The zero-order valence-electron chi connectivity index (χ0n) is 9.69. The van der Waals surface area contributed by atoms with Crippen LogP contribution in [0.1, 0.15) is 12.8 Å². The maximum atomic E-state index is 10.8. The first-order valence-electron chi connectivity index (χ1n) is 5.54. The molecule has 1 aromatic rings. The third-order valence-electron chi connectivity index (χ3n) is 2.16. The van der Waals surface area contributed by atoms with Gasteiger partial charge in [0, 0.05) is 6.54 Å². The number of phenolic OH excluding ortho intramolecular Hbond substituents is 1. The number of aromatic hydroxyl groups is 1. The number of nitrogens with one attached hydrogen (secondary N) is 1. The molecule has 0 aromatic heterocycles. The standard InChI is InChI=1S/C13H17NO3/c1-2-13(16)14-9-3-4-10-17-12-7-5-11(15)6-8-12/h2,5-8,15H,1,3-4,9-10H2,(H,14,16). The van der Waals surface area contributed by atoms with Crippen LogP contribution < -0.4 is 10.1 Å². The number of ether oxygens (including phenoxy) is 1. The second kappa shape index (κ2) is 7.33. The van der Waals surface area contributed by atoms with Gasteiger partial charge in [-0.15, -0.1) is 0 Å². The monoisotopic (exact) mass is 235 g/mol. The molecule has 0 saturated heterocycles. The minimum Gasteiger partial charge on any atom is -0.508 e. The Kier molecular flexibility index (Phi) is 5.64. The molecule has 0 bridgehead atoms. The third kappa shape index (κ3) is 5.61. The van der Waals surface area contributed by atoms with E-state index in [0.717, 1.165) is 18.6 Å². The summed E-state index contributed by atoms with van der Waals surface area (Å²) in [6.45, 7) is 4.59. The van der Waals surface area contributed by atoms with E-state index in [2.05, 4.69) is 11.9 Å². The van der Waals surface area contributed by atoms with Crippen molar-refractivity contribution in [1.29, 1.82) is 0 Å². The summed E-state index contributed by atoms with van der Waals surface area (Å²) in [5, 5.41) is 11.8. The Hall–Kier alpha value is -1.97. The fourth-order valence-corrected chi connectivity index (χ4v) is 1.24. The van der Waals surface area contributed by atoms with Gasteiger partial charge in [-0.2, -0.15) is 0 Å². The third-order valence-corrected chi connectivity index (χ3v) is 2.16. The van der Waals surface area contributed by atoms with E-state index in [9.17, 15) is 4.79 Å². The fourth-order valence-electron chi connectivity index (χ4n) is 1.24. The van der Waals surface area contributed by atoms with Crippen LogP contribution in [0.15, 0.2) is 36.9 Å². The number of benzene rings is 1. The molecule has 0 saturated carbocycles.